The average Bonchev–Trinajstić information content (AvgIpc) is 2.55. The predicted octanol–water partition coefficient (Wildman–Crippen LogP) is 1.77. The third kappa shape index (κ3) is 5.45. The Labute approximate surface area is 148 Å². The summed E-state index contributed by atoms with van der Waals surface area (Å²) in [7, 11) is -3.31. The number of benzene rings is 1. The molecule has 0 radical (unpaired) electrons. The van der Waals surface area contributed by atoms with Crippen LogP contribution >= 0.6 is 0 Å². The van der Waals surface area contributed by atoms with E-state index in [2.05, 4.69) is 5.32 Å². The zero-order valence-electron chi connectivity index (χ0n) is 14.3. The van der Waals surface area contributed by atoms with E-state index in [9.17, 15) is 18.0 Å². The number of aliphatic carboxylic acids is 1. The Hall–Kier alpha value is -2.09. The molecule has 7 nitrogen and oxygen atoms in total. The number of anilines is 1. The van der Waals surface area contributed by atoms with E-state index in [1.165, 1.54) is 10.6 Å². The van der Waals surface area contributed by atoms with Gasteiger partial charge in [0.25, 0.3) is 5.91 Å². The Morgan fingerprint density at radius 3 is 2.68 bits per heavy atom. The standard InChI is InChI=1S/C17H24N2O5S/c1-25(23,24)19-11-5-6-13-12-14(8-9-15(13)19)17(22)18-10-4-2-3-7-16(20)21/h8-9,12H,2-7,10-11H2,1H3,(H,18,22)(H,20,21). The quantitative estimate of drug-likeness (QED) is 0.681. The molecular formula is C17H24N2O5S. The second-order valence-corrected chi connectivity index (χ2v) is 8.15. The van der Waals surface area contributed by atoms with Gasteiger partial charge in [-0.25, -0.2) is 8.42 Å². The Morgan fingerprint density at radius 1 is 1.24 bits per heavy atom. The molecule has 138 valence electrons. The van der Waals surface area contributed by atoms with Crippen LogP contribution in [0.3, 0.4) is 0 Å². The van der Waals surface area contributed by atoms with Crippen LogP contribution in [0.1, 0.15) is 48.0 Å². The lowest BCUT2D eigenvalue weighted by Gasteiger charge is -2.29. The fraction of sp³-hybridized carbons (Fsp3) is 0.529. The average molecular weight is 368 g/mol. The van der Waals surface area contributed by atoms with Gasteiger partial charge in [0, 0.05) is 25.1 Å². The second-order valence-electron chi connectivity index (χ2n) is 6.24. The topological polar surface area (TPSA) is 104 Å². The number of amides is 1. The third-order valence-corrected chi connectivity index (χ3v) is 5.35. The van der Waals surface area contributed by atoms with E-state index < -0.39 is 16.0 Å². The second kappa shape index (κ2) is 8.33. The number of carboxylic acid groups (broad SMARTS) is 1. The van der Waals surface area contributed by atoms with Gasteiger partial charge in [0.2, 0.25) is 10.0 Å². The maximum absolute atomic E-state index is 12.2. The highest BCUT2D eigenvalue weighted by Gasteiger charge is 2.24. The summed E-state index contributed by atoms with van der Waals surface area (Å²) in [4.78, 5) is 22.6. The summed E-state index contributed by atoms with van der Waals surface area (Å²) in [5.41, 5.74) is 2.03. The highest BCUT2D eigenvalue weighted by molar-refractivity contribution is 7.92. The van der Waals surface area contributed by atoms with Crippen molar-refractivity contribution in [1.82, 2.24) is 5.32 Å². The van der Waals surface area contributed by atoms with Crippen molar-refractivity contribution in [2.75, 3.05) is 23.7 Å². The number of hydrogen-bond acceptors (Lipinski definition) is 4. The number of carbonyl (C=O) groups is 2. The summed E-state index contributed by atoms with van der Waals surface area (Å²) in [6.07, 6.45) is 4.90. The van der Waals surface area contributed by atoms with Gasteiger partial charge in [-0.2, -0.15) is 0 Å². The molecule has 1 aromatic rings. The summed E-state index contributed by atoms with van der Waals surface area (Å²) in [6, 6.07) is 5.09. The number of fused-ring (bicyclic) bond motifs is 1. The van der Waals surface area contributed by atoms with E-state index in [1.54, 1.807) is 18.2 Å². The van der Waals surface area contributed by atoms with Crippen molar-refractivity contribution in [2.45, 2.75) is 38.5 Å². The predicted molar refractivity (Wildman–Crippen MR) is 95.4 cm³/mol. The van der Waals surface area contributed by atoms with Gasteiger partial charge in [0.05, 0.1) is 11.9 Å². The largest absolute Gasteiger partial charge is 0.481 e. The molecule has 2 N–H and O–H groups in total. The number of nitrogens with zero attached hydrogens (tertiary/aromatic N) is 1. The summed E-state index contributed by atoms with van der Waals surface area (Å²) < 4.78 is 25.1. The molecule has 0 unspecified atom stereocenters. The van der Waals surface area contributed by atoms with E-state index in [1.807, 2.05) is 0 Å². The number of carboxylic acids is 1. The molecule has 0 atom stereocenters. The smallest absolute Gasteiger partial charge is 0.303 e. The van der Waals surface area contributed by atoms with Crippen molar-refractivity contribution >= 4 is 27.6 Å². The van der Waals surface area contributed by atoms with Gasteiger partial charge in [-0.15, -0.1) is 0 Å². The van der Waals surface area contributed by atoms with E-state index in [-0.39, 0.29) is 12.3 Å². The van der Waals surface area contributed by atoms with Crippen molar-refractivity contribution in [3.05, 3.63) is 29.3 Å². The van der Waals surface area contributed by atoms with E-state index in [0.29, 0.717) is 30.8 Å². The monoisotopic (exact) mass is 368 g/mol. The zero-order chi connectivity index (χ0) is 18.4. The highest BCUT2D eigenvalue weighted by Crippen LogP contribution is 2.29. The molecule has 1 aromatic carbocycles. The van der Waals surface area contributed by atoms with Crippen LogP contribution < -0.4 is 9.62 Å². The van der Waals surface area contributed by atoms with Crippen LogP contribution in [0.15, 0.2) is 18.2 Å². The molecule has 2 rings (SSSR count). The molecular weight excluding hydrogens is 344 g/mol. The van der Waals surface area contributed by atoms with Gasteiger partial charge in [-0.05, 0) is 49.4 Å². The molecule has 0 fully saturated rings. The minimum absolute atomic E-state index is 0.148. The Bertz CT molecular complexity index is 745. The number of sulfonamides is 1. The molecule has 1 aliphatic rings. The molecule has 1 aliphatic heterocycles. The minimum Gasteiger partial charge on any atom is -0.481 e. The summed E-state index contributed by atoms with van der Waals surface area (Å²) in [5, 5.41) is 11.4. The number of carbonyl (C=O) groups excluding carboxylic acids is 1. The fourth-order valence-electron chi connectivity index (χ4n) is 2.93. The molecule has 1 heterocycles. The Balaban J connectivity index is 1.93. The molecule has 0 bridgehead atoms. The van der Waals surface area contributed by atoms with Crippen LogP contribution in [-0.4, -0.2) is 44.7 Å². The maximum Gasteiger partial charge on any atom is 0.303 e. The van der Waals surface area contributed by atoms with Crippen LogP contribution in [-0.2, 0) is 21.2 Å². The Kier molecular flexibility index (Phi) is 6.41. The molecule has 0 aliphatic carbocycles. The van der Waals surface area contributed by atoms with Gasteiger partial charge >= 0.3 is 5.97 Å². The molecule has 0 saturated carbocycles. The first-order chi connectivity index (χ1) is 11.8. The van der Waals surface area contributed by atoms with Gasteiger partial charge in [0.15, 0.2) is 0 Å². The van der Waals surface area contributed by atoms with Gasteiger partial charge in [-0.1, -0.05) is 6.42 Å². The number of nitrogens with one attached hydrogen (secondary N) is 1. The van der Waals surface area contributed by atoms with Crippen LogP contribution in [0.5, 0.6) is 0 Å². The molecule has 25 heavy (non-hydrogen) atoms. The third-order valence-electron chi connectivity index (χ3n) is 4.17. The number of hydrogen-bond donors (Lipinski definition) is 2. The molecule has 0 spiro atoms. The van der Waals surface area contributed by atoms with Crippen molar-refractivity contribution in [2.24, 2.45) is 0 Å². The lowest BCUT2D eigenvalue weighted by Crippen LogP contribution is -2.34. The van der Waals surface area contributed by atoms with Crippen LogP contribution in [0.4, 0.5) is 5.69 Å². The lowest BCUT2D eigenvalue weighted by atomic mass is 10.0. The normalized spacial score (nSPS) is 14.0. The first kappa shape index (κ1) is 19.2. The molecule has 1 amide bonds. The zero-order valence-corrected chi connectivity index (χ0v) is 15.1. The SMILES string of the molecule is CS(=O)(=O)N1CCCc2cc(C(=O)NCCCCCC(=O)O)ccc21. The van der Waals surface area contributed by atoms with Crippen LogP contribution in [0.25, 0.3) is 0 Å². The minimum atomic E-state index is -3.31. The van der Waals surface area contributed by atoms with Gasteiger partial charge in [-0.3, -0.25) is 13.9 Å². The first-order valence-electron chi connectivity index (χ1n) is 8.39. The van der Waals surface area contributed by atoms with Crippen LogP contribution in [0.2, 0.25) is 0 Å². The molecule has 0 saturated heterocycles. The first-order valence-corrected chi connectivity index (χ1v) is 10.2. The fourth-order valence-corrected chi connectivity index (χ4v) is 3.93. The number of rotatable bonds is 8. The highest BCUT2D eigenvalue weighted by atomic mass is 32.2. The van der Waals surface area contributed by atoms with Crippen molar-refractivity contribution in [1.29, 1.82) is 0 Å². The maximum atomic E-state index is 12.2. The molecule has 8 heteroatoms. The summed E-state index contributed by atoms with van der Waals surface area (Å²) in [6.45, 7) is 0.957. The lowest BCUT2D eigenvalue weighted by molar-refractivity contribution is -0.137. The van der Waals surface area contributed by atoms with Gasteiger partial charge < -0.3 is 10.4 Å². The van der Waals surface area contributed by atoms with Crippen molar-refractivity contribution in [3.8, 4) is 0 Å². The number of aryl methyl sites for hydroxylation is 1. The van der Waals surface area contributed by atoms with Gasteiger partial charge in [0.1, 0.15) is 0 Å². The number of unbranched alkanes of at least 4 members (excludes halogenated alkanes) is 2. The van der Waals surface area contributed by atoms with E-state index >= 15 is 0 Å². The van der Waals surface area contributed by atoms with Crippen molar-refractivity contribution < 1.29 is 23.1 Å². The summed E-state index contributed by atoms with van der Waals surface area (Å²) in [5.74, 6) is -1.00. The summed E-state index contributed by atoms with van der Waals surface area (Å²) >= 11 is 0. The van der Waals surface area contributed by atoms with E-state index in [0.717, 1.165) is 31.2 Å². The van der Waals surface area contributed by atoms with E-state index in [4.69, 9.17) is 5.11 Å². The Morgan fingerprint density at radius 2 is 2.00 bits per heavy atom. The van der Waals surface area contributed by atoms with Crippen LogP contribution in [0, 0.1) is 0 Å². The van der Waals surface area contributed by atoms with Crippen molar-refractivity contribution in [3.63, 3.8) is 0 Å². The molecule has 0 aromatic heterocycles.